The van der Waals surface area contributed by atoms with Crippen LogP contribution < -0.4 is 0 Å². The van der Waals surface area contributed by atoms with Crippen molar-refractivity contribution in [3.8, 4) is 0 Å². The summed E-state index contributed by atoms with van der Waals surface area (Å²) in [6, 6.07) is 0.351. The Kier molecular flexibility index (Phi) is 5.18. The smallest absolute Gasteiger partial charge is 0.126 e. The molecular weight excluding hydrogens is 166 g/mol. The molecule has 13 heavy (non-hydrogen) atoms. The molecule has 3 heteroatoms. The number of carbonyl (C=O) groups excluding carboxylic acids is 1. The van der Waals surface area contributed by atoms with Gasteiger partial charge >= 0.3 is 0 Å². The molecule has 3 nitrogen and oxygen atoms in total. The number of nitrogens with zero attached hydrogens (tertiary/aromatic N) is 1. The van der Waals surface area contributed by atoms with Crippen molar-refractivity contribution < 1.29 is 9.53 Å². The number of aldehydes is 1. The lowest BCUT2D eigenvalue weighted by molar-refractivity contribution is -0.115. The Morgan fingerprint density at radius 3 is 2.46 bits per heavy atom. The van der Waals surface area contributed by atoms with Crippen LogP contribution in [0.2, 0.25) is 0 Å². The molecule has 0 spiro atoms. The van der Waals surface area contributed by atoms with Crippen LogP contribution in [0.3, 0.4) is 0 Å². The van der Waals surface area contributed by atoms with Crippen molar-refractivity contribution >= 4 is 6.29 Å². The van der Waals surface area contributed by atoms with E-state index in [9.17, 15) is 4.79 Å². The molecule has 0 aromatic carbocycles. The molecule has 0 rings (SSSR count). The van der Waals surface area contributed by atoms with E-state index in [0.717, 1.165) is 12.8 Å². The van der Waals surface area contributed by atoms with Crippen LogP contribution in [0.5, 0.6) is 0 Å². The number of ether oxygens (including phenoxy) is 1. The summed E-state index contributed by atoms with van der Waals surface area (Å²) in [4.78, 5) is 12.8. The number of carbonyl (C=O) groups is 1. The van der Waals surface area contributed by atoms with E-state index in [1.54, 1.807) is 7.11 Å². The number of methoxy groups -OCH3 is 1. The first-order valence-electron chi connectivity index (χ1n) is 4.58. The summed E-state index contributed by atoms with van der Waals surface area (Å²) >= 11 is 0. The third-order valence-corrected chi connectivity index (χ3v) is 2.14. The van der Waals surface area contributed by atoms with Gasteiger partial charge in [-0.1, -0.05) is 13.8 Å². The lowest BCUT2D eigenvalue weighted by Gasteiger charge is -2.29. The van der Waals surface area contributed by atoms with E-state index in [4.69, 9.17) is 4.74 Å². The zero-order valence-corrected chi connectivity index (χ0v) is 9.33. The topological polar surface area (TPSA) is 29.5 Å². The van der Waals surface area contributed by atoms with Crippen molar-refractivity contribution in [3.05, 3.63) is 0 Å². The van der Waals surface area contributed by atoms with Crippen molar-refractivity contribution in [3.63, 3.8) is 0 Å². The molecule has 0 saturated carbocycles. The van der Waals surface area contributed by atoms with Gasteiger partial charge in [-0.2, -0.15) is 0 Å². The summed E-state index contributed by atoms with van der Waals surface area (Å²) in [5.41, 5.74) is -0.267. The summed E-state index contributed by atoms with van der Waals surface area (Å²) in [5.74, 6) is 0. The van der Waals surface area contributed by atoms with Gasteiger partial charge in [-0.05, 0) is 14.0 Å². The van der Waals surface area contributed by atoms with Crippen LogP contribution in [0, 0.1) is 5.41 Å². The monoisotopic (exact) mass is 187 g/mol. The molecule has 0 N–H and O–H groups in total. The van der Waals surface area contributed by atoms with Crippen LogP contribution in [0.25, 0.3) is 0 Å². The Morgan fingerprint density at radius 1 is 1.54 bits per heavy atom. The molecule has 0 fully saturated rings. The van der Waals surface area contributed by atoms with Crippen LogP contribution >= 0.6 is 0 Å². The highest BCUT2D eigenvalue weighted by Crippen LogP contribution is 2.13. The van der Waals surface area contributed by atoms with E-state index in [1.165, 1.54) is 0 Å². The first kappa shape index (κ1) is 12.6. The van der Waals surface area contributed by atoms with E-state index in [-0.39, 0.29) is 5.41 Å². The fraction of sp³-hybridized carbons (Fsp3) is 0.900. The van der Waals surface area contributed by atoms with Crippen LogP contribution in [0.4, 0.5) is 0 Å². The van der Waals surface area contributed by atoms with Crippen molar-refractivity contribution in [2.75, 3.05) is 27.3 Å². The lowest BCUT2D eigenvalue weighted by Crippen LogP contribution is -2.40. The molecule has 0 aliphatic rings. The predicted octanol–water partition coefficient (Wildman–Crippen LogP) is 1.18. The normalized spacial score (nSPS) is 14.6. The van der Waals surface area contributed by atoms with Gasteiger partial charge in [-0.3, -0.25) is 0 Å². The maximum Gasteiger partial charge on any atom is 0.126 e. The fourth-order valence-corrected chi connectivity index (χ4v) is 1.20. The Hall–Kier alpha value is -0.410. The second kappa shape index (κ2) is 5.35. The van der Waals surface area contributed by atoms with E-state index in [1.807, 2.05) is 20.9 Å². The largest absolute Gasteiger partial charge is 0.383 e. The summed E-state index contributed by atoms with van der Waals surface area (Å²) in [5, 5.41) is 0. The van der Waals surface area contributed by atoms with E-state index in [0.29, 0.717) is 12.6 Å². The summed E-state index contributed by atoms with van der Waals surface area (Å²) in [6.45, 7) is 7.43. The first-order valence-corrected chi connectivity index (χ1v) is 4.58. The summed E-state index contributed by atoms with van der Waals surface area (Å²) < 4.78 is 5.04. The minimum atomic E-state index is -0.267. The highest BCUT2D eigenvalue weighted by Gasteiger charge is 2.21. The average molecular weight is 187 g/mol. The molecule has 78 valence electrons. The average Bonchev–Trinajstić information content (AvgIpc) is 2.04. The molecule has 0 aromatic heterocycles. The van der Waals surface area contributed by atoms with Crippen LogP contribution in [-0.4, -0.2) is 44.5 Å². The minimum Gasteiger partial charge on any atom is -0.383 e. The van der Waals surface area contributed by atoms with Gasteiger partial charge in [0.15, 0.2) is 0 Å². The number of hydrogen-bond acceptors (Lipinski definition) is 3. The van der Waals surface area contributed by atoms with Crippen LogP contribution in [-0.2, 0) is 9.53 Å². The van der Waals surface area contributed by atoms with Gasteiger partial charge in [0, 0.05) is 25.1 Å². The minimum absolute atomic E-state index is 0.267. The van der Waals surface area contributed by atoms with Gasteiger partial charge in [0.25, 0.3) is 0 Å². The molecule has 0 radical (unpaired) electrons. The standard InChI is InChI=1S/C10H21NO2/c1-9(6-13-5)11(4)7-10(2,3)8-12/h8-9H,6-7H2,1-5H3. The van der Waals surface area contributed by atoms with Gasteiger partial charge in [-0.15, -0.1) is 0 Å². The van der Waals surface area contributed by atoms with Gasteiger partial charge in [-0.25, -0.2) is 0 Å². The first-order chi connectivity index (χ1) is 5.93. The Bertz CT molecular complexity index is 157. The van der Waals surface area contributed by atoms with Gasteiger partial charge in [0.2, 0.25) is 0 Å². The Morgan fingerprint density at radius 2 is 2.08 bits per heavy atom. The van der Waals surface area contributed by atoms with Crippen molar-refractivity contribution in [1.29, 1.82) is 0 Å². The van der Waals surface area contributed by atoms with E-state index in [2.05, 4.69) is 11.8 Å². The molecule has 0 bridgehead atoms. The van der Waals surface area contributed by atoms with Gasteiger partial charge < -0.3 is 14.4 Å². The SMILES string of the molecule is COCC(C)N(C)CC(C)(C)C=O. The molecule has 0 aromatic rings. The highest BCUT2D eigenvalue weighted by atomic mass is 16.5. The van der Waals surface area contributed by atoms with Crippen molar-refractivity contribution in [2.24, 2.45) is 5.41 Å². The Balaban J connectivity index is 3.98. The van der Waals surface area contributed by atoms with Gasteiger partial charge in [0.1, 0.15) is 6.29 Å². The second-order valence-electron chi connectivity index (χ2n) is 4.33. The quantitative estimate of drug-likeness (QED) is 0.585. The van der Waals surface area contributed by atoms with Crippen molar-refractivity contribution in [1.82, 2.24) is 4.90 Å². The zero-order valence-electron chi connectivity index (χ0n) is 9.33. The molecule has 0 heterocycles. The summed E-state index contributed by atoms with van der Waals surface area (Å²) in [7, 11) is 3.70. The molecule has 1 atom stereocenters. The number of likely N-dealkylation sites (N-methyl/N-ethyl adjacent to an activating group) is 1. The second-order valence-corrected chi connectivity index (χ2v) is 4.33. The molecule has 0 aliphatic heterocycles. The van der Waals surface area contributed by atoms with Crippen molar-refractivity contribution in [2.45, 2.75) is 26.8 Å². The zero-order chi connectivity index (χ0) is 10.5. The van der Waals surface area contributed by atoms with E-state index < -0.39 is 0 Å². The molecule has 0 saturated heterocycles. The molecular formula is C10H21NO2. The van der Waals surface area contributed by atoms with Crippen LogP contribution in [0.15, 0.2) is 0 Å². The molecule has 1 unspecified atom stereocenters. The molecule has 0 amide bonds. The lowest BCUT2D eigenvalue weighted by atomic mass is 9.95. The number of hydrogen-bond donors (Lipinski definition) is 0. The third kappa shape index (κ3) is 5.01. The predicted molar refractivity (Wildman–Crippen MR) is 53.8 cm³/mol. The van der Waals surface area contributed by atoms with Gasteiger partial charge in [0.05, 0.1) is 6.61 Å². The maximum absolute atomic E-state index is 10.7. The van der Waals surface area contributed by atoms with Crippen LogP contribution in [0.1, 0.15) is 20.8 Å². The van der Waals surface area contributed by atoms with E-state index >= 15 is 0 Å². The fourth-order valence-electron chi connectivity index (χ4n) is 1.20. The number of rotatable bonds is 6. The highest BCUT2D eigenvalue weighted by molar-refractivity contribution is 5.58. The maximum atomic E-state index is 10.7. The third-order valence-electron chi connectivity index (χ3n) is 2.14. The summed E-state index contributed by atoms with van der Waals surface area (Å²) in [6.07, 6.45) is 1.00. The Labute approximate surface area is 81.1 Å². The molecule has 0 aliphatic carbocycles.